The Labute approximate surface area is 163 Å². The number of amides is 2. The van der Waals surface area contributed by atoms with E-state index in [1.807, 2.05) is 36.1 Å². The summed E-state index contributed by atoms with van der Waals surface area (Å²) in [6.45, 7) is 3.43. The molecule has 1 aliphatic heterocycles. The Balaban J connectivity index is 1.56. The highest BCUT2D eigenvalue weighted by Crippen LogP contribution is 2.25. The molecule has 6 heteroatoms. The third-order valence-corrected chi connectivity index (χ3v) is 4.99. The maximum Gasteiger partial charge on any atom is 0.256 e. The van der Waals surface area contributed by atoms with E-state index in [1.54, 1.807) is 24.4 Å². The Morgan fingerprint density at radius 1 is 1.07 bits per heavy atom. The molecule has 0 unspecified atom stereocenters. The van der Waals surface area contributed by atoms with Crippen LogP contribution in [0, 0.1) is 6.92 Å². The molecule has 1 fully saturated rings. The Hall–Kier alpha value is -3.41. The van der Waals surface area contributed by atoms with Crippen molar-refractivity contribution in [2.24, 2.45) is 0 Å². The zero-order valence-electron chi connectivity index (χ0n) is 15.6. The van der Waals surface area contributed by atoms with E-state index in [4.69, 9.17) is 4.42 Å². The van der Waals surface area contributed by atoms with Crippen molar-refractivity contribution in [2.75, 3.05) is 18.4 Å². The number of carbonyl (C=O) groups is 2. The minimum Gasteiger partial charge on any atom is -0.444 e. The van der Waals surface area contributed by atoms with E-state index in [9.17, 15) is 9.59 Å². The minimum absolute atomic E-state index is 0.0217. The Morgan fingerprint density at radius 2 is 1.82 bits per heavy atom. The number of anilines is 1. The number of nitrogens with one attached hydrogen (secondary N) is 1. The summed E-state index contributed by atoms with van der Waals surface area (Å²) in [7, 11) is 0. The van der Waals surface area contributed by atoms with Gasteiger partial charge in [0.2, 0.25) is 0 Å². The van der Waals surface area contributed by atoms with Crippen molar-refractivity contribution in [3.05, 3.63) is 71.7 Å². The molecule has 2 amide bonds. The van der Waals surface area contributed by atoms with Gasteiger partial charge in [0.05, 0.1) is 17.4 Å². The lowest BCUT2D eigenvalue weighted by atomic mass is 10.0. The highest BCUT2D eigenvalue weighted by molar-refractivity contribution is 6.09. The van der Waals surface area contributed by atoms with Crippen LogP contribution in [0.5, 0.6) is 0 Å². The summed E-state index contributed by atoms with van der Waals surface area (Å²) in [5.74, 6) is 0.362. The molecule has 0 spiro atoms. The van der Waals surface area contributed by atoms with Crippen LogP contribution in [0.1, 0.15) is 39.1 Å². The molecule has 0 aliphatic carbocycles. The second-order valence-electron chi connectivity index (χ2n) is 6.89. The molecular weight excluding hydrogens is 354 g/mol. The van der Waals surface area contributed by atoms with Gasteiger partial charge >= 0.3 is 0 Å². The van der Waals surface area contributed by atoms with Crippen molar-refractivity contribution >= 4 is 17.5 Å². The van der Waals surface area contributed by atoms with Crippen LogP contribution in [0.25, 0.3) is 11.3 Å². The molecular formula is C22H21N3O3. The number of hydrogen-bond donors (Lipinski definition) is 1. The Bertz CT molecular complexity index is 988. The van der Waals surface area contributed by atoms with Gasteiger partial charge in [0, 0.05) is 24.2 Å². The quantitative estimate of drug-likeness (QED) is 0.744. The number of nitrogens with zero attached hydrogens (tertiary/aromatic N) is 2. The molecule has 2 heterocycles. The number of likely N-dealkylation sites (tertiary alicyclic amines) is 1. The summed E-state index contributed by atoms with van der Waals surface area (Å²) in [6, 6.07) is 12.6. The van der Waals surface area contributed by atoms with Gasteiger partial charge in [0.15, 0.2) is 12.2 Å². The summed E-state index contributed by atoms with van der Waals surface area (Å²) in [5.41, 5.74) is 3.31. The molecule has 1 aliphatic rings. The van der Waals surface area contributed by atoms with Crippen LogP contribution >= 0.6 is 0 Å². The lowest BCUT2D eigenvalue weighted by Gasteiger charge is -2.19. The summed E-state index contributed by atoms with van der Waals surface area (Å²) in [5, 5.41) is 2.90. The van der Waals surface area contributed by atoms with E-state index in [2.05, 4.69) is 10.3 Å². The van der Waals surface area contributed by atoms with Crippen LogP contribution in [0.4, 0.5) is 5.69 Å². The van der Waals surface area contributed by atoms with E-state index < -0.39 is 0 Å². The molecule has 1 aromatic heterocycles. The predicted molar refractivity (Wildman–Crippen MR) is 106 cm³/mol. The normalized spacial score (nSPS) is 13.5. The predicted octanol–water partition coefficient (Wildman–Crippen LogP) is 4.14. The fourth-order valence-electron chi connectivity index (χ4n) is 3.47. The second-order valence-corrected chi connectivity index (χ2v) is 6.89. The average molecular weight is 375 g/mol. The van der Waals surface area contributed by atoms with Crippen molar-refractivity contribution in [2.45, 2.75) is 19.8 Å². The fraction of sp³-hybridized carbons (Fsp3) is 0.227. The largest absolute Gasteiger partial charge is 0.444 e. The van der Waals surface area contributed by atoms with E-state index in [0.717, 1.165) is 37.1 Å². The minimum atomic E-state index is -0.259. The highest BCUT2D eigenvalue weighted by Gasteiger charge is 2.24. The zero-order chi connectivity index (χ0) is 19.5. The van der Waals surface area contributed by atoms with Gasteiger partial charge in [0.25, 0.3) is 11.8 Å². The maximum atomic E-state index is 12.9. The van der Waals surface area contributed by atoms with E-state index >= 15 is 0 Å². The number of aryl methyl sites for hydroxylation is 1. The molecule has 0 bridgehead atoms. The van der Waals surface area contributed by atoms with Crippen molar-refractivity contribution in [3.63, 3.8) is 0 Å². The van der Waals surface area contributed by atoms with Crippen molar-refractivity contribution in [1.82, 2.24) is 9.88 Å². The van der Waals surface area contributed by atoms with Gasteiger partial charge in [-0.1, -0.05) is 24.3 Å². The summed E-state index contributed by atoms with van der Waals surface area (Å²) < 4.78 is 5.27. The maximum absolute atomic E-state index is 12.9. The van der Waals surface area contributed by atoms with Crippen LogP contribution < -0.4 is 5.32 Å². The van der Waals surface area contributed by atoms with Gasteiger partial charge in [-0.2, -0.15) is 0 Å². The fourth-order valence-corrected chi connectivity index (χ4v) is 3.47. The summed E-state index contributed by atoms with van der Waals surface area (Å²) >= 11 is 0. The highest BCUT2D eigenvalue weighted by atomic mass is 16.3. The van der Waals surface area contributed by atoms with Gasteiger partial charge in [-0.05, 0) is 43.5 Å². The lowest BCUT2D eigenvalue weighted by molar-refractivity contribution is 0.0793. The second kappa shape index (κ2) is 7.68. The van der Waals surface area contributed by atoms with E-state index in [-0.39, 0.29) is 11.8 Å². The summed E-state index contributed by atoms with van der Waals surface area (Å²) in [4.78, 5) is 31.4. The topological polar surface area (TPSA) is 75.4 Å². The first-order valence-corrected chi connectivity index (χ1v) is 9.32. The Kier molecular flexibility index (Phi) is 4.93. The SMILES string of the molecule is Cc1cccc(NC(=O)c2ccc(-c3cnco3)cc2)c1C(=O)N1CCCC1. The molecule has 28 heavy (non-hydrogen) atoms. The molecule has 0 atom stereocenters. The van der Waals surface area contributed by atoms with Gasteiger partial charge in [-0.25, -0.2) is 4.98 Å². The monoisotopic (exact) mass is 375 g/mol. The molecule has 1 N–H and O–H groups in total. The van der Waals surface area contributed by atoms with Crippen LogP contribution in [-0.2, 0) is 0 Å². The number of carbonyl (C=O) groups excluding carboxylic acids is 2. The number of benzene rings is 2. The molecule has 0 saturated carbocycles. The number of rotatable bonds is 4. The molecule has 142 valence electrons. The van der Waals surface area contributed by atoms with Crippen molar-refractivity contribution in [3.8, 4) is 11.3 Å². The Morgan fingerprint density at radius 3 is 2.50 bits per heavy atom. The van der Waals surface area contributed by atoms with Crippen molar-refractivity contribution in [1.29, 1.82) is 0 Å². The number of oxazole rings is 1. The number of aromatic nitrogens is 1. The van der Waals surface area contributed by atoms with Gasteiger partial charge in [-0.15, -0.1) is 0 Å². The first-order chi connectivity index (χ1) is 13.6. The standard InChI is InChI=1S/C22H21N3O3/c1-15-5-4-6-18(20(15)22(27)25-11-2-3-12-25)24-21(26)17-9-7-16(8-10-17)19-13-23-14-28-19/h4-10,13-14H,2-3,11-12H2,1H3,(H,24,26). The van der Waals surface area contributed by atoms with Gasteiger partial charge < -0.3 is 14.6 Å². The summed E-state index contributed by atoms with van der Waals surface area (Å²) in [6.07, 6.45) is 5.04. The third-order valence-electron chi connectivity index (χ3n) is 4.99. The van der Waals surface area contributed by atoms with Crippen LogP contribution in [-0.4, -0.2) is 34.8 Å². The van der Waals surface area contributed by atoms with Crippen LogP contribution in [0.3, 0.4) is 0 Å². The first kappa shape index (κ1) is 18.0. The number of hydrogen-bond acceptors (Lipinski definition) is 4. The van der Waals surface area contributed by atoms with Gasteiger partial charge in [0.1, 0.15) is 0 Å². The molecule has 1 saturated heterocycles. The van der Waals surface area contributed by atoms with E-state index in [1.165, 1.54) is 6.39 Å². The van der Waals surface area contributed by atoms with E-state index in [0.29, 0.717) is 22.6 Å². The molecule has 6 nitrogen and oxygen atoms in total. The zero-order valence-corrected chi connectivity index (χ0v) is 15.6. The lowest BCUT2D eigenvalue weighted by Crippen LogP contribution is -2.29. The first-order valence-electron chi connectivity index (χ1n) is 9.32. The third kappa shape index (κ3) is 3.53. The smallest absolute Gasteiger partial charge is 0.256 e. The van der Waals surface area contributed by atoms with Gasteiger partial charge in [-0.3, -0.25) is 9.59 Å². The molecule has 2 aromatic carbocycles. The van der Waals surface area contributed by atoms with Crippen LogP contribution in [0.15, 0.2) is 59.5 Å². The molecule has 0 radical (unpaired) electrons. The average Bonchev–Trinajstić information content (AvgIpc) is 3.42. The molecule has 3 aromatic rings. The molecule has 4 rings (SSSR count). The van der Waals surface area contributed by atoms with Crippen LogP contribution in [0.2, 0.25) is 0 Å². The van der Waals surface area contributed by atoms with Crippen molar-refractivity contribution < 1.29 is 14.0 Å².